The second kappa shape index (κ2) is 9.39. The highest BCUT2D eigenvalue weighted by atomic mass is 32.1. The predicted octanol–water partition coefficient (Wildman–Crippen LogP) is 5.29. The molecule has 1 aliphatic rings. The molecular weight excluding hydrogens is 464 g/mol. The van der Waals surface area contributed by atoms with E-state index in [1.165, 1.54) is 23.3 Å². The van der Waals surface area contributed by atoms with Crippen LogP contribution in [0, 0.1) is 13.8 Å². The zero-order valence-electron chi connectivity index (χ0n) is 22.1. The topological polar surface area (TPSA) is 100.0 Å². The number of phenolic OH excluding ortho intramolecular Hbond substituents is 1. The fourth-order valence-corrected chi connectivity index (χ4v) is 5.35. The number of phenols is 1. The number of aliphatic hydroxyl groups is 1. The minimum absolute atomic E-state index is 0.0308. The van der Waals surface area contributed by atoms with E-state index in [0.29, 0.717) is 27.3 Å². The Balaban J connectivity index is 2.31. The van der Waals surface area contributed by atoms with E-state index in [2.05, 4.69) is 4.98 Å². The summed E-state index contributed by atoms with van der Waals surface area (Å²) >= 11 is 1.25. The monoisotopic (exact) mass is 500 g/mol. The van der Waals surface area contributed by atoms with E-state index >= 15 is 0 Å². The molecule has 2 heterocycles. The minimum Gasteiger partial charge on any atom is -0.507 e. The number of methoxy groups -OCH3 is 1. The third-order valence-electron chi connectivity index (χ3n) is 6.26. The van der Waals surface area contributed by atoms with Crippen LogP contribution in [0.15, 0.2) is 23.5 Å². The van der Waals surface area contributed by atoms with Crippen LogP contribution in [0.2, 0.25) is 0 Å². The Labute approximate surface area is 211 Å². The quantitative estimate of drug-likeness (QED) is 0.523. The molecule has 0 bridgehead atoms. The molecule has 0 fully saturated rings. The molecule has 2 N–H and O–H groups in total. The molecule has 1 aromatic heterocycles. The van der Waals surface area contributed by atoms with Crippen molar-refractivity contribution in [1.29, 1.82) is 0 Å². The van der Waals surface area contributed by atoms with Gasteiger partial charge in [-0.2, -0.15) is 0 Å². The van der Waals surface area contributed by atoms with Crippen LogP contribution in [0.4, 0.5) is 0 Å². The van der Waals surface area contributed by atoms with Crippen LogP contribution in [0.1, 0.15) is 84.6 Å². The molecular formula is C27H36N2O5S. The average Bonchev–Trinajstić information content (AvgIpc) is 3.20. The Morgan fingerprint density at radius 2 is 1.63 bits per heavy atom. The minimum atomic E-state index is -0.824. The van der Waals surface area contributed by atoms with Gasteiger partial charge in [0, 0.05) is 13.7 Å². The molecule has 0 aliphatic carbocycles. The highest BCUT2D eigenvalue weighted by molar-refractivity contribution is 7.14. The second-order valence-electron chi connectivity index (χ2n) is 11.1. The molecule has 8 heteroatoms. The zero-order valence-corrected chi connectivity index (χ0v) is 22.9. The number of hydrogen-bond donors (Lipinski definition) is 2. The SMILES string of the molecule is COCCN1C(=O)C(O)=C(C(=O)c2sc(C)nc2C)C1c1cc(C(C)(C)C)c(O)c(C(C)(C)C)c1. The number of ether oxygens (including phenoxy) is 1. The van der Waals surface area contributed by atoms with Crippen molar-refractivity contribution in [3.05, 3.63) is 55.7 Å². The lowest BCUT2D eigenvalue weighted by Crippen LogP contribution is -2.34. The van der Waals surface area contributed by atoms with Gasteiger partial charge in [0.2, 0.25) is 5.78 Å². The van der Waals surface area contributed by atoms with E-state index in [0.717, 1.165) is 5.01 Å². The van der Waals surface area contributed by atoms with Gasteiger partial charge in [-0.25, -0.2) is 4.98 Å². The maximum atomic E-state index is 13.8. The van der Waals surface area contributed by atoms with Crippen LogP contribution < -0.4 is 0 Å². The number of thiazole rings is 1. The normalized spacial score (nSPS) is 17.0. The summed E-state index contributed by atoms with van der Waals surface area (Å²) in [5, 5.41) is 22.9. The van der Waals surface area contributed by atoms with Crippen molar-refractivity contribution in [3.63, 3.8) is 0 Å². The maximum Gasteiger partial charge on any atom is 0.290 e. The average molecular weight is 501 g/mol. The van der Waals surface area contributed by atoms with Gasteiger partial charge in [0.05, 0.1) is 33.8 Å². The third kappa shape index (κ3) is 5.00. The Bertz CT molecular complexity index is 1160. The van der Waals surface area contributed by atoms with Crippen molar-refractivity contribution >= 4 is 23.0 Å². The lowest BCUT2D eigenvalue weighted by Gasteiger charge is -2.32. The molecule has 0 spiro atoms. The summed E-state index contributed by atoms with van der Waals surface area (Å²) in [5.74, 6) is -1.37. The zero-order chi connectivity index (χ0) is 26.5. The molecule has 2 aromatic rings. The smallest absolute Gasteiger partial charge is 0.290 e. The first-order valence-electron chi connectivity index (χ1n) is 11.7. The van der Waals surface area contributed by atoms with Crippen molar-refractivity contribution in [1.82, 2.24) is 9.88 Å². The molecule has 0 radical (unpaired) electrons. The number of Topliss-reactive ketones (excluding diaryl/α,β-unsaturated/α-hetero) is 1. The molecule has 3 rings (SSSR count). The Hall–Kier alpha value is -2.71. The number of hydrogen-bond acceptors (Lipinski definition) is 7. The molecule has 7 nitrogen and oxygen atoms in total. The number of aromatic hydroxyl groups is 1. The largest absolute Gasteiger partial charge is 0.507 e. The van der Waals surface area contributed by atoms with Crippen molar-refractivity contribution in [2.24, 2.45) is 0 Å². The lowest BCUT2D eigenvalue weighted by molar-refractivity contribution is -0.130. The number of benzene rings is 1. The van der Waals surface area contributed by atoms with Gasteiger partial charge in [0.15, 0.2) is 5.76 Å². The number of ketones is 1. The fourth-order valence-electron chi connectivity index (χ4n) is 4.47. The maximum absolute atomic E-state index is 13.8. The van der Waals surface area contributed by atoms with Gasteiger partial charge in [-0.15, -0.1) is 11.3 Å². The Morgan fingerprint density at radius 3 is 2.06 bits per heavy atom. The first-order valence-corrected chi connectivity index (χ1v) is 12.5. The number of carbonyl (C=O) groups is 2. The lowest BCUT2D eigenvalue weighted by atomic mass is 9.77. The first kappa shape index (κ1) is 26.9. The van der Waals surface area contributed by atoms with E-state index in [1.54, 1.807) is 6.92 Å². The fraction of sp³-hybridized carbons (Fsp3) is 0.519. The van der Waals surface area contributed by atoms with Gasteiger partial charge in [0.25, 0.3) is 5.91 Å². The van der Waals surface area contributed by atoms with Crippen molar-refractivity contribution < 1.29 is 24.5 Å². The predicted molar refractivity (Wildman–Crippen MR) is 137 cm³/mol. The number of aliphatic hydroxyl groups excluding tert-OH is 1. The summed E-state index contributed by atoms with van der Waals surface area (Å²) in [4.78, 5) is 33.2. The van der Waals surface area contributed by atoms with E-state index in [1.807, 2.05) is 60.6 Å². The highest BCUT2D eigenvalue weighted by Gasteiger charge is 2.45. The van der Waals surface area contributed by atoms with Gasteiger partial charge >= 0.3 is 0 Å². The number of aromatic nitrogens is 1. The van der Waals surface area contributed by atoms with Gasteiger partial charge in [-0.1, -0.05) is 41.5 Å². The van der Waals surface area contributed by atoms with Crippen LogP contribution in [-0.2, 0) is 20.4 Å². The molecule has 0 saturated carbocycles. The summed E-state index contributed by atoms with van der Waals surface area (Å²) < 4.78 is 5.22. The van der Waals surface area contributed by atoms with E-state index in [-0.39, 0.29) is 24.5 Å². The molecule has 1 aliphatic heterocycles. The second-order valence-corrected chi connectivity index (χ2v) is 12.3. The molecule has 1 unspecified atom stereocenters. The van der Waals surface area contributed by atoms with Gasteiger partial charge in [0.1, 0.15) is 5.75 Å². The molecule has 190 valence electrons. The van der Waals surface area contributed by atoms with Gasteiger partial charge in [-0.05, 0) is 53.5 Å². The Kier molecular flexibility index (Phi) is 7.21. The summed E-state index contributed by atoms with van der Waals surface area (Å²) in [6.07, 6.45) is 0. The number of rotatable bonds is 6. The summed E-state index contributed by atoms with van der Waals surface area (Å²) in [7, 11) is 1.54. The molecule has 35 heavy (non-hydrogen) atoms. The molecule has 1 atom stereocenters. The first-order chi connectivity index (χ1) is 16.1. The highest BCUT2D eigenvalue weighted by Crippen LogP contribution is 2.46. The van der Waals surface area contributed by atoms with Crippen molar-refractivity contribution in [2.45, 2.75) is 72.3 Å². The molecule has 0 saturated heterocycles. The van der Waals surface area contributed by atoms with Crippen LogP contribution in [0.3, 0.4) is 0 Å². The van der Waals surface area contributed by atoms with Crippen molar-refractivity contribution in [2.75, 3.05) is 20.3 Å². The Morgan fingerprint density at radius 1 is 1.09 bits per heavy atom. The summed E-state index contributed by atoms with van der Waals surface area (Å²) in [6.45, 7) is 16.0. The number of amides is 1. The standard InChI is InChI=1S/C27H36N2O5S/c1-14-24(35-15(2)28-14)22(31)19-20(29(10-11-34-9)25(33)23(19)32)16-12-17(26(3,4)5)21(30)18(13-16)27(6,7)8/h12-13,20,30,32H,10-11H2,1-9H3. The van der Waals surface area contributed by atoms with Crippen LogP contribution in [0.25, 0.3) is 0 Å². The third-order valence-corrected chi connectivity index (χ3v) is 7.33. The van der Waals surface area contributed by atoms with E-state index in [4.69, 9.17) is 4.74 Å². The van der Waals surface area contributed by atoms with Crippen LogP contribution >= 0.6 is 11.3 Å². The number of aryl methyl sites for hydroxylation is 2. The number of carbonyl (C=O) groups excluding carboxylic acids is 2. The van der Waals surface area contributed by atoms with Crippen LogP contribution in [0.5, 0.6) is 5.75 Å². The van der Waals surface area contributed by atoms with Gasteiger partial charge < -0.3 is 19.8 Å². The molecule has 1 amide bonds. The van der Waals surface area contributed by atoms with Crippen LogP contribution in [-0.4, -0.2) is 52.0 Å². The van der Waals surface area contributed by atoms with E-state index in [9.17, 15) is 19.8 Å². The van der Waals surface area contributed by atoms with E-state index < -0.39 is 34.3 Å². The van der Waals surface area contributed by atoms with Gasteiger partial charge in [-0.3, -0.25) is 9.59 Å². The number of nitrogens with zero attached hydrogens (tertiary/aromatic N) is 2. The van der Waals surface area contributed by atoms with Crippen molar-refractivity contribution in [3.8, 4) is 5.75 Å². The summed E-state index contributed by atoms with van der Waals surface area (Å²) in [5.41, 5.74) is 1.87. The molecule has 1 aromatic carbocycles. The summed E-state index contributed by atoms with van der Waals surface area (Å²) in [6, 6.07) is 2.87.